The third-order valence-electron chi connectivity index (χ3n) is 5.05. The second-order valence-corrected chi connectivity index (χ2v) is 6.85. The van der Waals surface area contributed by atoms with Crippen LogP contribution in [-0.4, -0.2) is 45.3 Å². The summed E-state index contributed by atoms with van der Waals surface area (Å²) >= 11 is 0. The van der Waals surface area contributed by atoms with Crippen molar-refractivity contribution < 1.29 is 4.79 Å². The number of nitrogens with zero attached hydrogens (tertiary/aromatic N) is 4. The highest BCUT2D eigenvalue weighted by Gasteiger charge is 2.24. The van der Waals surface area contributed by atoms with Gasteiger partial charge in [0.25, 0.3) is 0 Å². The molecule has 0 bridgehead atoms. The first kappa shape index (κ1) is 16.2. The Labute approximate surface area is 146 Å². The smallest absolute Gasteiger partial charge is 0.220 e. The largest absolute Gasteiger partial charge is 0.354 e. The average Bonchev–Trinajstić information content (AvgIpc) is 3.36. The van der Waals surface area contributed by atoms with Gasteiger partial charge in [-0.05, 0) is 31.7 Å². The highest BCUT2D eigenvalue weighted by atomic mass is 16.1. The molecule has 132 valence electrons. The zero-order valence-electron chi connectivity index (χ0n) is 14.3. The minimum absolute atomic E-state index is 0.110. The van der Waals surface area contributed by atoms with E-state index in [1.165, 1.54) is 0 Å². The maximum absolute atomic E-state index is 12.1. The first-order valence-corrected chi connectivity index (χ1v) is 9.13. The molecule has 25 heavy (non-hydrogen) atoms. The van der Waals surface area contributed by atoms with Gasteiger partial charge in [0.05, 0.1) is 12.2 Å². The number of carbonyl (C=O) groups excluding carboxylic acids is 1. The Balaban J connectivity index is 1.41. The number of nitrogens with one attached hydrogen (secondary N) is 2. The van der Waals surface area contributed by atoms with Crippen LogP contribution in [0.5, 0.6) is 0 Å². The van der Waals surface area contributed by atoms with E-state index >= 15 is 0 Å². The molecule has 0 aromatic carbocycles. The van der Waals surface area contributed by atoms with Gasteiger partial charge in [0.1, 0.15) is 5.52 Å². The molecule has 0 unspecified atom stereocenters. The molecule has 2 aliphatic rings. The Bertz CT molecular complexity index is 777. The number of amides is 1. The molecule has 7 nitrogen and oxygen atoms in total. The van der Waals surface area contributed by atoms with E-state index in [1.807, 2.05) is 4.68 Å². The van der Waals surface area contributed by atoms with Crippen molar-refractivity contribution >= 4 is 17.1 Å². The minimum atomic E-state index is 0.110. The molecule has 0 spiro atoms. The van der Waals surface area contributed by atoms with Crippen LogP contribution in [0.15, 0.2) is 24.5 Å². The molecule has 1 amide bonds. The summed E-state index contributed by atoms with van der Waals surface area (Å²) in [5.41, 5.74) is 2.71. The number of hydrogen-bond acceptors (Lipinski definition) is 5. The number of rotatable bonds is 6. The maximum atomic E-state index is 12.1. The summed E-state index contributed by atoms with van der Waals surface area (Å²) in [6, 6.07) is 0. The van der Waals surface area contributed by atoms with Crippen LogP contribution < -0.4 is 10.6 Å². The molecule has 0 saturated carbocycles. The molecular formula is C18H24N6O. The van der Waals surface area contributed by atoms with E-state index in [9.17, 15) is 4.79 Å². The molecule has 1 aliphatic heterocycles. The SMILES string of the molecule is O=C(C[C@@H]1C=CCC1)NCCn1nc([C@@H]2CCNC2)c2nccnc21. The van der Waals surface area contributed by atoms with Crippen LogP contribution in [0, 0.1) is 5.92 Å². The van der Waals surface area contributed by atoms with Crippen molar-refractivity contribution in [2.45, 2.75) is 38.1 Å². The van der Waals surface area contributed by atoms with Crippen LogP contribution in [0.1, 0.15) is 37.3 Å². The lowest BCUT2D eigenvalue weighted by atomic mass is 10.0. The normalized spacial score (nSPS) is 22.7. The van der Waals surface area contributed by atoms with E-state index < -0.39 is 0 Å². The van der Waals surface area contributed by atoms with Crippen LogP contribution in [0.4, 0.5) is 0 Å². The highest BCUT2D eigenvalue weighted by Crippen LogP contribution is 2.26. The fraction of sp³-hybridized carbons (Fsp3) is 0.556. The summed E-state index contributed by atoms with van der Waals surface area (Å²) in [7, 11) is 0. The molecular weight excluding hydrogens is 316 g/mol. The fourth-order valence-electron chi connectivity index (χ4n) is 3.72. The predicted molar refractivity (Wildman–Crippen MR) is 95.0 cm³/mol. The van der Waals surface area contributed by atoms with Gasteiger partial charge in [-0.3, -0.25) is 4.79 Å². The molecule has 2 aromatic rings. The van der Waals surface area contributed by atoms with E-state index in [2.05, 4.69) is 32.8 Å². The second kappa shape index (κ2) is 7.31. The van der Waals surface area contributed by atoms with Crippen molar-refractivity contribution in [1.29, 1.82) is 0 Å². The molecule has 2 aromatic heterocycles. The van der Waals surface area contributed by atoms with E-state index in [4.69, 9.17) is 5.10 Å². The number of aromatic nitrogens is 4. The highest BCUT2D eigenvalue weighted by molar-refractivity contribution is 5.76. The molecule has 2 atom stereocenters. The van der Waals surface area contributed by atoms with Gasteiger partial charge in [-0.2, -0.15) is 5.10 Å². The molecule has 0 radical (unpaired) electrons. The molecule has 1 saturated heterocycles. The number of carbonyl (C=O) groups is 1. The maximum Gasteiger partial charge on any atom is 0.220 e. The number of allylic oxidation sites excluding steroid dienone is 2. The third-order valence-corrected chi connectivity index (χ3v) is 5.05. The summed E-state index contributed by atoms with van der Waals surface area (Å²) in [5, 5.41) is 11.1. The van der Waals surface area contributed by atoms with Crippen LogP contribution in [0.2, 0.25) is 0 Å². The molecule has 4 rings (SSSR count). The Kier molecular flexibility index (Phi) is 4.74. The van der Waals surface area contributed by atoms with Gasteiger partial charge in [0.2, 0.25) is 5.91 Å². The lowest BCUT2D eigenvalue weighted by Crippen LogP contribution is -2.28. The van der Waals surface area contributed by atoms with Crippen molar-refractivity contribution in [3.05, 3.63) is 30.2 Å². The van der Waals surface area contributed by atoms with Gasteiger partial charge in [0.15, 0.2) is 5.65 Å². The van der Waals surface area contributed by atoms with E-state index in [1.54, 1.807) is 12.4 Å². The third kappa shape index (κ3) is 3.56. The van der Waals surface area contributed by atoms with E-state index in [0.29, 0.717) is 31.3 Å². The molecule has 1 aliphatic carbocycles. The Morgan fingerprint density at radius 2 is 2.24 bits per heavy atom. The van der Waals surface area contributed by atoms with Crippen molar-refractivity contribution in [1.82, 2.24) is 30.4 Å². The Morgan fingerprint density at radius 1 is 1.32 bits per heavy atom. The summed E-state index contributed by atoms with van der Waals surface area (Å²) in [6.45, 7) is 3.13. The van der Waals surface area contributed by atoms with Gasteiger partial charge in [-0.1, -0.05) is 12.2 Å². The van der Waals surface area contributed by atoms with Gasteiger partial charge < -0.3 is 10.6 Å². The van der Waals surface area contributed by atoms with Crippen LogP contribution >= 0.6 is 0 Å². The van der Waals surface area contributed by atoms with Gasteiger partial charge in [-0.25, -0.2) is 14.6 Å². The van der Waals surface area contributed by atoms with Gasteiger partial charge in [0, 0.05) is 37.8 Å². The van der Waals surface area contributed by atoms with Crippen molar-refractivity contribution in [3.63, 3.8) is 0 Å². The summed E-state index contributed by atoms with van der Waals surface area (Å²) in [4.78, 5) is 21.0. The first-order chi connectivity index (χ1) is 12.3. The monoisotopic (exact) mass is 340 g/mol. The second-order valence-electron chi connectivity index (χ2n) is 6.85. The molecule has 1 fully saturated rings. The minimum Gasteiger partial charge on any atom is -0.354 e. The van der Waals surface area contributed by atoms with Crippen LogP contribution in [-0.2, 0) is 11.3 Å². The summed E-state index contributed by atoms with van der Waals surface area (Å²) in [6.07, 6.45) is 11.6. The molecule has 7 heteroatoms. The van der Waals surface area contributed by atoms with Gasteiger partial charge in [-0.15, -0.1) is 0 Å². The molecule has 3 heterocycles. The topological polar surface area (TPSA) is 84.7 Å². The quantitative estimate of drug-likeness (QED) is 0.776. The number of fused-ring (bicyclic) bond motifs is 1. The fourth-order valence-corrected chi connectivity index (χ4v) is 3.72. The number of hydrogen-bond donors (Lipinski definition) is 2. The zero-order valence-corrected chi connectivity index (χ0v) is 14.3. The lowest BCUT2D eigenvalue weighted by Gasteiger charge is -2.09. The van der Waals surface area contributed by atoms with Crippen LogP contribution in [0.3, 0.4) is 0 Å². The van der Waals surface area contributed by atoms with Crippen LogP contribution in [0.25, 0.3) is 11.2 Å². The van der Waals surface area contributed by atoms with E-state index in [0.717, 1.165) is 49.2 Å². The van der Waals surface area contributed by atoms with E-state index in [-0.39, 0.29) is 5.91 Å². The van der Waals surface area contributed by atoms with Crippen molar-refractivity contribution in [2.75, 3.05) is 19.6 Å². The van der Waals surface area contributed by atoms with Crippen molar-refractivity contribution in [3.8, 4) is 0 Å². The average molecular weight is 340 g/mol. The summed E-state index contributed by atoms with van der Waals surface area (Å²) in [5.74, 6) is 0.904. The van der Waals surface area contributed by atoms with Gasteiger partial charge >= 0.3 is 0 Å². The molecule has 2 N–H and O–H groups in total. The zero-order chi connectivity index (χ0) is 17.1. The lowest BCUT2D eigenvalue weighted by molar-refractivity contribution is -0.121. The first-order valence-electron chi connectivity index (χ1n) is 9.13. The Morgan fingerprint density at radius 3 is 3.04 bits per heavy atom. The Hall–Kier alpha value is -2.28. The predicted octanol–water partition coefficient (Wildman–Crippen LogP) is 1.38. The van der Waals surface area contributed by atoms with Crippen molar-refractivity contribution in [2.24, 2.45) is 5.92 Å². The summed E-state index contributed by atoms with van der Waals surface area (Å²) < 4.78 is 1.88. The standard InChI is InChI=1S/C18H24N6O/c25-15(11-13-3-1-2-4-13)20-9-10-24-18-17(21-7-8-22-18)16(23-24)14-5-6-19-12-14/h1,3,7-8,13-14,19H,2,4-6,9-12H2,(H,20,25)/t13-,14-/m1/s1.